The number of amides is 1. The molecule has 1 unspecified atom stereocenters. The van der Waals surface area contributed by atoms with Crippen LogP contribution >= 0.6 is 0 Å². The van der Waals surface area contributed by atoms with Gasteiger partial charge in [0.2, 0.25) is 0 Å². The average Bonchev–Trinajstić information content (AvgIpc) is 3.04. The van der Waals surface area contributed by atoms with Crippen molar-refractivity contribution in [1.82, 2.24) is 4.90 Å². The molecule has 1 amide bonds. The zero-order valence-electron chi connectivity index (χ0n) is 18.2. The summed E-state index contributed by atoms with van der Waals surface area (Å²) in [6.07, 6.45) is 0.664. The Morgan fingerprint density at radius 3 is 2.45 bits per heavy atom. The Labute approximate surface area is 181 Å². The molecular formula is C24H27NO6. The molecule has 1 aliphatic rings. The van der Waals surface area contributed by atoms with Crippen LogP contribution in [0.15, 0.2) is 48.0 Å². The van der Waals surface area contributed by atoms with E-state index >= 15 is 0 Å². The minimum atomic E-state index is -0.740. The summed E-state index contributed by atoms with van der Waals surface area (Å²) in [6, 6.07) is 11.3. The number of methoxy groups -OCH3 is 2. The van der Waals surface area contributed by atoms with E-state index in [0.717, 1.165) is 0 Å². The van der Waals surface area contributed by atoms with Crippen molar-refractivity contribution in [2.75, 3.05) is 27.4 Å². The highest BCUT2D eigenvalue weighted by Gasteiger charge is 2.45. The van der Waals surface area contributed by atoms with Crippen molar-refractivity contribution in [2.24, 2.45) is 0 Å². The van der Waals surface area contributed by atoms with Gasteiger partial charge < -0.3 is 24.2 Å². The standard InChI is InChI=1S/C24H27NO6/c1-5-12-25-21(15-10-11-18(30-4)19(14-15)31-6-2)20(23(27)24(25)28)22(26)16-8-7-9-17(13-16)29-3/h7-11,13-14,21,26H,5-6,12H2,1-4H3/b22-20-. The molecule has 1 fully saturated rings. The number of carbonyl (C=O) groups is 2. The summed E-state index contributed by atoms with van der Waals surface area (Å²) >= 11 is 0. The maximum atomic E-state index is 13.0. The first-order valence-electron chi connectivity index (χ1n) is 10.2. The Balaban J connectivity index is 2.20. The summed E-state index contributed by atoms with van der Waals surface area (Å²) in [5.74, 6) is -0.00414. The molecule has 1 N–H and O–H groups in total. The third kappa shape index (κ3) is 4.21. The Kier molecular flexibility index (Phi) is 6.84. The molecule has 1 aliphatic heterocycles. The van der Waals surface area contributed by atoms with E-state index in [9.17, 15) is 14.7 Å². The molecule has 7 nitrogen and oxygen atoms in total. The molecule has 0 saturated carbocycles. The van der Waals surface area contributed by atoms with Gasteiger partial charge in [-0.1, -0.05) is 25.1 Å². The number of benzene rings is 2. The number of Topliss-reactive ketones (excluding diaryl/α,β-unsaturated/α-hetero) is 1. The Morgan fingerprint density at radius 2 is 1.81 bits per heavy atom. The maximum Gasteiger partial charge on any atom is 0.295 e. The smallest absolute Gasteiger partial charge is 0.295 e. The van der Waals surface area contributed by atoms with Crippen LogP contribution < -0.4 is 14.2 Å². The minimum absolute atomic E-state index is 0.0410. The van der Waals surface area contributed by atoms with Crippen LogP contribution in [0.2, 0.25) is 0 Å². The Hall–Kier alpha value is -3.48. The van der Waals surface area contributed by atoms with Crippen molar-refractivity contribution in [3.8, 4) is 17.2 Å². The van der Waals surface area contributed by atoms with Crippen LogP contribution in [0.25, 0.3) is 5.76 Å². The quantitative estimate of drug-likeness (QED) is 0.392. The van der Waals surface area contributed by atoms with Gasteiger partial charge in [-0.2, -0.15) is 0 Å². The second-order valence-electron chi connectivity index (χ2n) is 7.07. The normalized spacial score (nSPS) is 17.7. The number of likely N-dealkylation sites (tertiary alicyclic amines) is 1. The van der Waals surface area contributed by atoms with Crippen molar-refractivity contribution in [3.63, 3.8) is 0 Å². The van der Waals surface area contributed by atoms with Crippen LogP contribution in [-0.2, 0) is 9.59 Å². The Morgan fingerprint density at radius 1 is 1.03 bits per heavy atom. The highest BCUT2D eigenvalue weighted by Crippen LogP contribution is 2.42. The van der Waals surface area contributed by atoms with Crippen molar-refractivity contribution in [1.29, 1.82) is 0 Å². The molecule has 31 heavy (non-hydrogen) atoms. The van der Waals surface area contributed by atoms with Gasteiger partial charge in [0.1, 0.15) is 11.5 Å². The van der Waals surface area contributed by atoms with E-state index in [1.165, 1.54) is 12.0 Å². The van der Waals surface area contributed by atoms with Crippen molar-refractivity contribution in [3.05, 3.63) is 59.2 Å². The lowest BCUT2D eigenvalue weighted by molar-refractivity contribution is -0.139. The van der Waals surface area contributed by atoms with E-state index in [-0.39, 0.29) is 11.3 Å². The van der Waals surface area contributed by atoms with Crippen molar-refractivity contribution < 1.29 is 28.9 Å². The lowest BCUT2D eigenvalue weighted by atomic mass is 9.95. The molecule has 0 bridgehead atoms. The first-order chi connectivity index (χ1) is 15.0. The largest absolute Gasteiger partial charge is 0.507 e. The lowest BCUT2D eigenvalue weighted by Crippen LogP contribution is -2.30. The van der Waals surface area contributed by atoms with E-state index in [1.54, 1.807) is 49.6 Å². The van der Waals surface area contributed by atoms with Crippen LogP contribution in [0.3, 0.4) is 0 Å². The van der Waals surface area contributed by atoms with Gasteiger partial charge in [-0.05, 0) is 43.2 Å². The van der Waals surface area contributed by atoms with Crippen LogP contribution in [0.4, 0.5) is 0 Å². The van der Waals surface area contributed by atoms with Crippen molar-refractivity contribution in [2.45, 2.75) is 26.3 Å². The van der Waals surface area contributed by atoms with Gasteiger partial charge in [0, 0.05) is 12.1 Å². The molecule has 7 heteroatoms. The topological polar surface area (TPSA) is 85.3 Å². The van der Waals surface area contributed by atoms with Gasteiger partial charge in [-0.15, -0.1) is 0 Å². The number of ether oxygens (including phenoxy) is 3. The molecule has 0 spiro atoms. The monoisotopic (exact) mass is 425 g/mol. The molecule has 2 aromatic rings. The van der Waals surface area contributed by atoms with E-state index < -0.39 is 17.7 Å². The van der Waals surface area contributed by atoms with Gasteiger partial charge in [0.05, 0.1) is 32.4 Å². The predicted octanol–water partition coefficient (Wildman–Crippen LogP) is 3.93. The fraction of sp³-hybridized carbons (Fsp3) is 0.333. The summed E-state index contributed by atoms with van der Waals surface area (Å²) in [6.45, 7) is 4.59. The lowest BCUT2D eigenvalue weighted by Gasteiger charge is -2.25. The molecule has 0 aliphatic carbocycles. The fourth-order valence-electron chi connectivity index (χ4n) is 3.76. The molecule has 3 rings (SSSR count). The molecular weight excluding hydrogens is 398 g/mol. The molecule has 1 heterocycles. The number of aliphatic hydroxyl groups is 1. The van der Waals surface area contributed by atoms with E-state index in [4.69, 9.17) is 14.2 Å². The minimum Gasteiger partial charge on any atom is -0.507 e. The Bertz CT molecular complexity index is 1010. The van der Waals surface area contributed by atoms with Crippen molar-refractivity contribution >= 4 is 17.4 Å². The van der Waals surface area contributed by atoms with Crippen LogP contribution in [0, 0.1) is 0 Å². The number of hydrogen-bond donors (Lipinski definition) is 1. The van der Waals surface area contributed by atoms with Gasteiger partial charge >= 0.3 is 0 Å². The average molecular weight is 425 g/mol. The number of aliphatic hydroxyl groups excluding tert-OH is 1. The molecule has 164 valence electrons. The first kappa shape index (κ1) is 22.2. The van der Waals surface area contributed by atoms with Gasteiger partial charge in [0.25, 0.3) is 11.7 Å². The van der Waals surface area contributed by atoms with E-state index in [2.05, 4.69) is 0 Å². The van der Waals surface area contributed by atoms with E-state index in [1.807, 2.05) is 13.8 Å². The molecule has 1 atom stereocenters. The summed E-state index contributed by atoms with van der Waals surface area (Å²) in [4.78, 5) is 27.3. The molecule has 0 radical (unpaired) electrons. The van der Waals surface area contributed by atoms with Crippen LogP contribution in [0.1, 0.15) is 37.4 Å². The number of ketones is 1. The number of hydrogen-bond acceptors (Lipinski definition) is 6. The zero-order valence-corrected chi connectivity index (χ0v) is 18.2. The summed E-state index contributed by atoms with van der Waals surface area (Å²) in [7, 11) is 3.06. The highest BCUT2D eigenvalue weighted by atomic mass is 16.5. The van der Waals surface area contributed by atoms with Gasteiger partial charge in [-0.25, -0.2) is 0 Å². The number of rotatable bonds is 8. The molecule has 0 aromatic heterocycles. The third-order valence-corrected chi connectivity index (χ3v) is 5.15. The van der Waals surface area contributed by atoms with Crippen LogP contribution in [-0.4, -0.2) is 49.1 Å². The molecule has 1 saturated heterocycles. The summed E-state index contributed by atoms with van der Waals surface area (Å²) < 4.78 is 16.3. The second kappa shape index (κ2) is 9.55. The second-order valence-corrected chi connectivity index (χ2v) is 7.07. The van der Waals surface area contributed by atoms with Crippen LogP contribution in [0.5, 0.6) is 17.2 Å². The predicted molar refractivity (Wildman–Crippen MR) is 116 cm³/mol. The zero-order chi connectivity index (χ0) is 22.5. The fourth-order valence-corrected chi connectivity index (χ4v) is 3.76. The number of nitrogens with zero attached hydrogens (tertiary/aromatic N) is 1. The third-order valence-electron chi connectivity index (χ3n) is 5.15. The molecule has 2 aromatic carbocycles. The van der Waals surface area contributed by atoms with E-state index in [0.29, 0.717) is 47.9 Å². The SMILES string of the molecule is CCCN1C(=O)C(=O)/C(=C(\O)c2cccc(OC)c2)C1c1ccc(OC)c(OCC)c1. The maximum absolute atomic E-state index is 13.0. The summed E-state index contributed by atoms with van der Waals surface area (Å²) in [5.41, 5.74) is 1.10. The van der Waals surface area contributed by atoms with Gasteiger partial charge in [0.15, 0.2) is 11.5 Å². The highest BCUT2D eigenvalue weighted by molar-refractivity contribution is 6.46. The number of carbonyl (C=O) groups excluding carboxylic acids is 2. The first-order valence-corrected chi connectivity index (χ1v) is 10.2. The summed E-state index contributed by atoms with van der Waals surface area (Å²) in [5, 5.41) is 11.1. The van der Waals surface area contributed by atoms with Gasteiger partial charge in [-0.3, -0.25) is 9.59 Å².